The van der Waals surface area contributed by atoms with Crippen LogP contribution in [0.3, 0.4) is 0 Å². The molecule has 3 nitrogen and oxygen atoms in total. The summed E-state index contributed by atoms with van der Waals surface area (Å²) in [6.07, 6.45) is 6.92. The van der Waals surface area contributed by atoms with E-state index >= 15 is 0 Å². The first kappa shape index (κ1) is 13.6. The molecule has 0 aromatic heterocycles. The number of likely N-dealkylation sites (N-methyl/N-ethyl adjacent to an activating group) is 1. The zero-order valence-electron chi connectivity index (χ0n) is 11.7. The Hall–Kier alpha value is -0.830. The lowest BCUT2D eigenvalue weighted by Crippen LogP contribution is -2.34. The molecule has 0 bridgehead atoms. The van der Waals surface area contributed by atoms with Crippen molar-refractivity contribution in [3.8, 4) is 0 Å². The highest BCUT2D eigenvalue weighted by Crippen LogP contribution is 2.45. The van der Waals surface area contributed by atoms with Gasteiger partial charge in [-0.1, -0.05) is 19.9 Å². The van der Waals surface area contributed by atoms with E-state index in [1.165, 1.54) is 19.3 Å². The molecule has 2 aliphatic carbocycles. The minimum absolute atomic E-state index is 0.0587. The predicted octanol–water partition coefficient (Wildman–Crippen LogP) is 2.62. The van der Waals surface area contributed by atoms with Crippen molar-refractivity contribution >= 4 is 5.97 Å². The molecule has 2 unspecified atom stereocenters. The van der Waals surface area contributed by atoms with Gasteiger partial charge >= 0.3 is 5.97 Å². The maximum atomic E-state index is 12.0. The lowest BCUT2D eigenvalue weighted by Gasteiger charge is -2.40. The summed E-state index contributed by atoms with van der Waals surface area (Å²) >= 11 is 0. The van der Waals surface area contributed by atoms with Gasteiger partial charge in [0.2, 0.25) is 0 Å². The summed E-state index contributed by atoms with van der Waals surface area (Å²) in [5.41, 5.74) is 0.969. The van der Waals surface area contributed by atoms with Gasteiger partial charge in [0.1, 0.15) is 6.61 Å². The normalized spacial score (nSPS) is 26.3. The number of fused-ring (bicyclic) bond motifs is 1. The number of rotatable bonds is 6. The molecule has 1 fully saturated rings. The Bertz CT molecular complexity index is 320. The SMILES string of the molecule is CCN(CC)CCOC(=O)C1=CCCC2CCC12. The molecular weight excluding hydrogens is 226 g/mol. The summed E-state index contributed by atoms with van der Waals surface area (Å²) in [7, 11) is 0. The topological polar surface area (TPSA) is 29.5 Å². The van der Waals surface area contributed by atoms with Gasteiger partial charge in [0.05, 0.1) is 0 Å². The summed E-state index contributed by atoms with van der Waals surface area (Å²) in [5.74, 6) is 1.22. The van der Waals surface area contributed by atoms with Crippen LogP contribution in [0.4, 0.5) is 0 Å². The molecule has 102 valence electrons. The Balaban J connectivity index is 1.76. The number of nitrogens with zero attached hydrogens (tertiary/aromatic N) is 1. The van der Waals surface area contributed by atoms with E-state index in [-0.39, 0.29) is 5.97 Å². The Labute approximate surface area is 110 Å². The van der Waals surface area contributed by atoms with Crippen molar-refractivity contribution in [2.45, 2.75) is 39.5 Å². The van der Waals surface area contributed by atoms with E-state index in [1.54, 1.807) is 0 Å². The summed E-state index contributed by atoms with van der Waals surface area (Å²) in [6, 6.07) is 0. The third-order valence-corrected chi connectivity index (χ3v) is 4.49. The van der Waals surface area contributed by atoms with Gasteiger partial charge < -0.3 is 9.64 Å². The van der Waals surface area contributed by atoms with Crippen LogP contribution in [0, 0.1) is 11.8 Å². The summed E-state index contributed by atoms with van der Waals surface area (Å²) in [5, 5.41) is 0. The smallest absolute Gasteiger partial charge is 0.334 e. The molecule has 3 heteroatoms. The Kier molecular flexibility index (Phi) is 4.81. The van der Waals surface area contributed by atoms with Crippen LogP contribution in [0.1, 0.15) is 39.5 Å². The molecule has 1 saturated carbocycles. The summed E-state index contributed by atoms with van der Waals surface area (Å²) < 4.78 is 5.42. The van der Waals surface area contributed by atoms with Crippen molar-refractivity contribution in [3.05, 3.63) is 11.6 Å². The zero-order chi connectivity index (χ0) is 13.0. The first-order valence-electron chi connectivity index (χ1n) is 7.35. The minimum Gasteiger partial charge on any atom is -0.461 e. The van der Waals surface area contributed by atoms with Crippen molar-refractivity contribution in [1.29, 1.82) is 0 Å². The lowest BCUT2D eigenvalue weighted by molar-refractivity contribution is -0.141. The van der Waals surface area contributed by atoms with E-state index in [2.05, 4.69) is 24.8 Å². The van der Waals surface area contributed by atoms with Crippen molar-refractivity contribution in [1.82, 2.24) is 4.90 Å². The third-order valence-electron chi connectivity index (χ3n) is 4.49. The molecule has 0 radical (unpaired) electrons. The second kappa shape index (κ2) is 6.37. The van der Waals surface area contributed by atoms with Crippen LogP contribution < -0.4 is 0 Å². The molecule has 0 saturated heterocycles. The lowest BCUT2D eigenvalue weighted by atomic mass is 9.65. The van der Waals surface area contributed by atoms with Gasteiger partial charge in [-0.05, 0) is 50.6 Å². The van der Waals surface area contributed by atoms with Crippen LogP contribution >= 0.6 is 0 Å². The summed E-state index contributed by atoms with van der Waals surface area (Å²) in [4.78, 5) is 14.3. The molecule has 0 aliphatic heterocycles. The largest absolute Gasteiger partial charge is 0.461 e. The van der Waals surface area contributed by atoms with Gasteiger partial charge in [-0.25, -0.2) is 4.79 Å². The monoisotopic (exact) mass is 251 g/mol. The highest BCUT2D eigenvalue weighted by atomic mass is 16.5. The van der Waals surface area contributed by atoms with E-state index in [9.17, 15) is 4.79 Å². The van der Waals surface area contributed by atoms with E-state index < -0.39 is 0 Å². The first-order valence-corrected chi connectivity index (χ1v) is 7.35. The average molecular weight is 251 g/mol. The second-order valence-electron chi connectivity index (χ2n) is 5.34. The molecule has 0 N–H and O–H groups in total. The molecule has 0 spiro atoms. The maximum absolute atomic E-state index is 12.0. The fraction of sp³-hybridized carbons (Fsp3) is 0.800. The zero-order valence-corrected chi connectivity index (χ0v) is 11.7. The number of allylic oxidation sites excluding steroid dienone is 1. The highest BCUT2D eigenvalue weighted by molar-refractivity contribution is 5.89. The fourth-order valence-electron chi connectivity index (χ4n) is 3.05. The van der Waals surface area contributed by atoms with E-state index in [1.807, 2.05) is 0 Å². The number of esters is 1. The van der Waals surface area contributed by atoms with Crippen molar-refractivity contribution < 1.29 is 9.53 Å². The molecule has 18 heavy (non-hydrogen) atoms. The van der Waals surface area contributed by atoms with Crippen LogP contribution in [0.5, 0.6) is 0 Å². The molecular formula is C15H25NO2. The molecule has 0 heterocycles. The first-order chi connectivity index (χ1) is 8.76. The van der Waals surface area contributed by atoms with Crippen LogP contribution in [-0.4, -0.2) is 37.1 Å². The number of carbonyl (C=O) groups is 1. The quantitative estimate of drug-likeness (QED) is 0.680. The van der Waals surface area contributed by atoms with Gasteiger partial charge in [-0.15, -0.1) is 0 Å². The van der Waals surface area contributed by atoms with Crippen LogP contribution in [0.25, 0.3) is 0 Å². The number of carbonyl (C=O) groups excluding carboxylic acids is 1. The molecule has 0 aromatic carbocycles. The molecule has 0 amide bonds. The van der Waals surface area contributed by atoms with Gasteiger partial charge in [0.25, 0.3) is 0 Å². The van der Waals surface area contributed by atoms with Gasteiger partial charge in [0.15, 0.2) is 0 Å². The third kappa shape index (κ3) is 2.94. The predicted molar refractivity (Wildman–Crippen MR) is 72.3 cm³/mol. The van der Waals surface area contributed by atoms with E-state index in [0.717, 1.165) is 37.5 Å². The molecule has 2 aliphatic rings. The molecule has 0 aromatic rings. The van der Waals surface area contributed by atoms with Gasteiger partial charge in [0, 0.05) is 12.1 Å². The van der Waals surface area contributed by atoms with Gasteiger partial charge in [-0.3, -0.25) is 0 Å². The van der Waals surface area contributed by atoms with E-state index in [0.29, 0.717) is 12.5 Å². The van der Waals surface area contributed by atoms with Crippen molar-refractivity contribution in [2.24, 2.45) is 11.8 Å². The Morgan fingerprint density at radius 3 is 2.72 bits per heavy atom. The second-order valence-corrected chi connectivity index (χ2v) is 5.34. The fourth-order valence-corrected chi connectivity index (χ4v) is 3.05. The summed E-state index contributed by atoms with van der Waals surface area (Å²) in [6.45, 7) is 7.67. The Morgan fingerprint density at radius 2 is 2.11 bits per heavy atom. The Morgan fingerprint density at radius 1 is 1.33 bits per heavy atom. The van der Waals surface area contributed by atoms with Crippen molar-refractivity contribution in [3.63, 3.8) is 0 Å². The number of hydrogen-bond donors (Lipinski definition) is 0. The van der Waals surface area contributed by atoms with Crippen LogP contribution in [0.2, 0.25) is 0 Å². The van der Waals surface area contributed by atoms with Crippen molar-refractivity contribution in [2.75, 3.05) is 26.2 Å². The number of ether oxygens (including phenoxy) is 1. The van der Waals surface area contributed by atoms with Gasteiger partial charge in [-0.2, -0.15) is 0 Å². The minimum atomic E-state index is -0.0587. The number of hydrogen-bond acceptors (Lipinski definition) is 3. The highest BCUT2D eigenvalue weighted by Gasteiger charge is 2.38. The molecule has 2 rings (SSSR count). The molecule has 2 atom stereocenters. The van der Waals surface area contributed by atoms with Crippen LogP contribution in [-0.2, 0) is 9.53 Å². The van der Waals surface area contributed by atoms with Crippen LogP contribution in [0.15, 0.2) is 11.6 Å². The maximum Gasteiger partial charge on any atom is 0.334 e. The standard InChI is InChI=1S/C15H25NO2/c1-3-16(4-2)10-11-18-15(17)14-7-5-6-12-8-9-13(12)14/h7,12-13H,3-6,8-11H2,1-2H3. The van der Waals surface area contributed by atoms with E-state index in [4.69, 9.17) is 4.74 Å². The average Bonchev–Trinajstić information content (AvgIpc) is 2.35.